The molecule has 2 rings (SSSR count). The van der Waals surface area contributed by atoms with Crippen LogP contribution >= 0.6 is 0 Å². The van der Waals surface area contributed by atoms with Gasteiger partial charge in [-0.05, 0) is 16.7 Å². The average Bonchev–Trinajstić information content (AvgIpc) is 1.95. The lowest BCUT2D eigenvalue weighted by Gasteiger charge is -2.10. The quantitative estimate of drug-likeness (QED) is 0.397. The third kappa shape index (κ3) is 2.77. The van der Waals surface area contributed by atoms with Crippen LogP contribution in [0.2, 0.25) is 0 Å². The fourth-order valence-electron chi connectivity index (χ4n) is 0.729. The smallest absolute Gasteiger partial charge is 0.221 e. The second-order valence-corrected chi connectivity index (χ2v) is 4.11. The lowest BCUT2D eigenvalue weighted by Crippen LogP contribution is -1.85. The molecule has 0 bridgehead atoms. The summed E-state index contributed by atoms with van der Waals surface area (Å²) < 4.78 is 22.0. The van der Waals surface area contributed by atoms with Crippen LogP contribution in [0.25, 0.3) is 21.6 Å². The van der Waals surface area contributed by atoms with Crippen LogP contribution in [0, 0.1) is 0 Å². The number of nitrogens with zero attached hydrogens (tertiary/aromatic N) is 3. The molecule has 0 atom stereocenters. The molecule has 5 nitrogen and oxygen atoms in total. The molecule has 0 amide bonds. The van der Waals surface area contributed by atoms with Crippen LogP contribution in [-0.4, -0.2) is 14.7 Å². The predicted molar refractivity (Wildman–Crippen MR) is 49.4 cm³/mol. The van der Waals surface area contributed by atoms with Gasteiger partial charge in [0.15, 0.2) is 0 Å². The van der Waals surface area contributed by atoms with Crippen LogP contribution in [-0.2, 0) is 10.0 Å². The highest BCUT2D eigenvalue weighted by Gasteiger charge is 2.03. The molecule has 6 heteroatoms. The van der Waals surface area contributed by atoms with E-state index in [1.807, 2.05) is 4.91 Å². The standard InChI is InChI=1S/C6H4.CH3N3O2S/c1-2-6-4-3-5(1)6;1-7(5,6)4-3-2/h1-4H;1H3. The normalized spacial score (nSPS) is 10.5. The van der Waals surface area contributed by atoms with Crippen molar-refractivity contribution in [3.05, 3.63) is 34.7 Å². The van der Waals surface area contributed by atoms with Gasteiger partial charge in [-0.15, -0.1) is 0 Å². The largest absolute Gasteiger partial charge is 0.232 e. The van der Waals surface area contributed by atoms with E-state index in [0.29, 0.717) is 0 Å². The van der Waals surface area contributed by atoms with Gasteiger partial charge in [-0.2, -0.15) is 0 Å². The van der Waals surface area contributed by atoms with Gasteiger partial charge in [0.05, 0.1) is 0 Å². The number of rotatable bonds is 1. The highest BCUT2D eigenvalue weighted by molar-refractivity contribution is 7.89. The van der Waals surface area contributed by atoms with Gasteiger partial charge in [0.2, 0.25) is 10.0 Å². The zero-order valence-corrected chi connectivity index (χ0v) is 7.69. The first-order chi connectivity index (χ1) is 6.03. The van der Waals surface area contributed by atoms with Crippen molar-refractivity contribution in [2.24, 2.45) is 4.52 Å². The summed E-state index contributed by atoms with van der Waals surface area (Å²) in [6, 6.07) is 8.48. The SMILES string of the molecule is CS(=O)(=O)N=[N+]=[N-].c1cc2ccc1-2. The molecule has 13 heavy (non-hydrogen) atoms. The molecule has 0 heterocycles. The first-order valence-corrected chi connectivity index (χ1v) is 5.24. The summed E-state index contributed by atoms with van der Waals surface area (Å²) in [4.78, 5) is 2.04. The fraction of sp³-hybridized carbons (Fsp3) is 0.143. The summed E-state index contributed by atoms with van der Waals surface area (Å²) in [7, 11) is -3.47. The summed E-state index contributed by atoms with van der Waals surface area (Å²) in [5.74, 6) is 0. The van der Waals surface area contributed by atoms with Crippen LogP contribution in [0.15, 0.2) is 28.8 Å². The van der Waals surface area contributed by atoms with Crippen molar-refractivity contribution in [2.45, 2.75) is 0 Å². The molecule has 0 saturated heterocycles. The lowest BCUT2D eigenvalue weighted by atomic mass is 9.95. The number of benzene rings is 1. The van der Waals surface area contributed by atoms with E-state index in [2.05, 4.69) is 28.8 Å². The van der Waals surface area contributed by atoms with E-state index in [4.69, 9.17) is 5.53 Å². The summed E-state index contributed by atoms with van der Waals surface area (Å²) >= 11 is 0. The Bertz CT molecular complexity index is 422. The predicted octanol–water partition coefficient (Wildman–Crippen LogP) is 1.92. The topological polar surface area (TPSA) is 82.9 Å². The molecule has 0 saturated carbocycles. The van der Waals surface area contributed by atoms with Gasteiger partial charge in [-0.3, -0.25) is 0 Å². The van der Waals surface area contributed by atoms with E-state index in [1.165, 1.54) is 11.1 Å². The Morgan fingerprint density at radius 2 is 1.62 bits per heavy atom. The maximum absolute atomic E-state index is 9.81. The molecule has 2 aliphatic rings. The van der Waals surface area contributed by atoms with Gasteiger partial charge < -0.3 is 0 Å². The Morgan fingerprint density at radius 3 is 1.62 bits per heavy atom. The molecule has 0 fully saturated rings. The second-order valence-electron chi connectivity index (χ2n) is 2.48. The molecule has 68 valence electrons. The number of sulfonamides is 1. The fourth-order valence-corrected chi connectivity index (χ4v) is 0.862. The van der Waals surface area contributed by atoms with E-state index in [9.17, 15) is 8.42 Å². The highest BCUT2D eigenvalue weighted by atomic mass is 32.2. The summed E-state index contributed by atoms with van der Waals surface area (Å²) in [6.45, 7) is 0. The number of fused-ring (bicyclic) bond motifs is 1. The van der Waals surface area contributed by atoms with Crippen molar-refractivity contribution >= 4 is 10.0 Å². The minimum atomic E-state index is -3.47. The maximum atomic E-state index is 9.81. The van der Waals surface area contributed by atoms with Crippen LogP contribution in [0.1, 0.15) is 0 Å². The van der Waals surface area contributed by atoms with Crippen molar-refractivity contribution in [1.29, 1.82) is 0 Å². The van der Waals surface area contributed by atoms with Crippen molar-refractivity contribution in [3.63, 3.8) is 0 Å². The maximum Gasteiger partial charge on any atom is 0.232 e. The van der Waals surface area contributed by atoms with E-state index in [1.54, 1.807) is 0 Å². The molecule has 0 radical (unpaired) electrons. The molecule has 2 aliphatic carbocycles. The molecule has 0 N–H and O–H groups in total. The second kappa shape index (κ2) is 3.47. The first kappa shape index (κ1) is 9.57. The van der Waals surface area contributed by atoms with Crippen LogP contribution in [0.5, 0.6) is 0 Å². The average molecular weight is 197 g/mol. The van der Waals surface area contributed by atoms with Gasteiger partial charge in [0.1, 0.15) is 0 Å². The van der Waals surface area contributed by atoms with Crippen molar-refractivity contribution in [1.82, 2.24) is 0 Å². The molecular weight excluding hydrogens is 190 g/mol. The number of hydrogen-bond donors (Lipinski definition) is 0. The number of azide groups is 1. The van der Waals surface area contributed by atoms with Gasteiger partial charge in [-0.25, -0.2) is 8.42 Å². The third-order valence-electron chi connectivity index (χ3n) is 1.40. The monoisotopic (exact) mass is 197 g/mol. The van der Waals surface area contributed by atoms with Gasteiger partial charge in [0, 0.05) is 15.7 Å². The highest BCUT2D eigenvalue weighted by Crippen LogP contribution is 2.29. The Morgan fingerprint density at radius 1 is 1.23 bits per heavy atom. The molecule has 0 aromatic carbocycles. The van der Waals surface area contributed by atoms with E-state index in [-0.39, 0.29) is 0 Å². The molecular formula is C7H7N3O2S. The molecule has 0 unspecified atom stereocenters. The minimum absolute atomic E-state index is 0.826. The van der Waals surface area contributed by atoms with Gasteiger partial charge in [0.25, 0.3) is 0 Å². The zero-order valence-electron chi connectivity index (χ0n) is 6.88. The molecule has 0 spiro atoms. The van der Waals surface area contributed by atoms with Crippen LogP contribution in [0.3, 0.4) is 0 Å². The van der Waals surface area contributed by atoms with E-state index < -0.39 is 10.0 Å². The molecule has 0 aromatic heterocycles. The Labute approximate surface area is 75.7 Å². The third-order valence-corrected chi connectivity index (χ3v) is 1.77. The zero-order chi connectivity index (χ0) is 9.90. The Kier molecular flexibility index (Phi) is 2.55. The van der Waals surface area contributed by atoms with E-state index in [0.717, 1.165) is 6.26 Å². The summed E-state index contributed by atoms with van der Waals surface area (Å²) in [5.41, 5.74) is 10.3. The number of hydrogen-bond acceptors (Lipinski definition) is 2. The van der Waals surface area contributed by atoms with E-state index >= 15 is 0 Å². The van der Waals surface area contributed by atoms with Crippen molar-refractivity contribution in [3.8, 4) is 11.1 Å². The van der Waals surface area contributed by atoms with Crippen LogP contribution < -0.4 is 0 Å². The Balaban J connectivity index is 0.000000130. The lowest BCUT2D eigenvalue weighted by molar-refractivity contribution is 0.603. The molecule has 0 aromatic rings. The van der Waals surface area contributed by atoms with Gasteiger partial charge >= 0.3 is 0 Å². The first-order valence-electron chi connectivity index (χ1n) is 3.40. The van der Waals surface area contributed by atoms with Crippen molar-refractivity contribution in [2.75, 3.05) is 6.26 Å². The summed E-state index contributed by atoms with van der Waals surface area (Å²) in [6.07, 6.45) is 0.826. The van der Waals surface area contributed by atoms with Crippen LogP contribution in [0.4, 0.5) is 0 Å². The Hall–Kier alpha value is -1.52. The minimum Gasteiger partial charge on any atom is -0.221 e. The summed E-state index contributed by atoms with van der Waals surface area (Å²) in [5, 5.41) is 0. The van der Waals surface area contributed by atoms with Gasteiger partial charge in [-0.1, -0.05) is 24.3 Å². The van der Waals surface area contributed by atoms with Crippen molar-refractivity contribution < 1.29 is 8.42 Å². The molecule has 0 aliphatic heterocycles.